The van der Waals surface area contributed by atoms with Gasteiger partial charge in [-0.05, 0) is 50.6 Å². The first-order valence-electron chi connectivity index (χ1n) is 8.36. The third-order valence-corrected chi connectivity index (χ3v) is 4.08. The number of hydrogen-bond donors (Lipinski definition) is 1. The van der Waals surface area contributed by atoms with Gasteiger partial charge in [0, 0.05) is 41.0 Å². The molecule has 3 rings (SSSR count). The molecule has 0 radical (unpaired) electrons. The van der Waals surface area contributed by atoms with Gasteiger partial charge in [-0.3, -0.25) is 14.5 Å². The molecule has 0 aliphatic carbocycles. The summed E-state index contributed by atoms with van der Waals surface area (Å²) in [7, 11) is 0. The number of nitrogens with one attached hydrogen (secondary N) is 1. The SMILES string of the molecule is Cc1ccc(-c2ccc(C(=O)N[C@H](C)Cn3cccn3)cc2)c(C)n1. The second-order valence-corrected chi connectivity index (χ2v) is 6.27. The van der Waals surface area contributed by atoms with Crippen LogP contribution in [0.5, 0.6) is 0 Å². The van der Waals surface area contributed by atoms with E-state index in [0.29, 0.717) is 12.1 Å². The third-order valence-electron chi connectivity index (χ3n) is 4.08. The standard InChI is InChI=1S/C20H22N4O/c1-14-5-10-19(16(3)22-14)17-6-8-18(9-7-17)20(25)23-15(2)13-24-12-4-11-21-24/h4-12,15H,13H2,1-3H3,(H,23,25)/t15-/m1/s1. The highest BCUT2D eigenvalue weighted by Crippen LogP contribution is 2.22. The van der Waals surface area contributed by atoms with Crippen molar-refractivity contribution in [2.24, 2.45) is 0 Å². The van der Waals surface area contributed by atoms with Crippen LogP contribution in [-0.2, 0) is 6.54 Å². The summed E-state index contributed by atoms with van der Waals surface area (Å²) in [5.41, 5.74) is 4.79. The molecule has 3 aromatic rings. The summed E-state index contributed by atoms with van der Waals surface area (Å²) in [4.78, 5) is 16.9. The average molecular weight is 334 g/mol. The molecule has 5 heteroatoms. The molecule has 2 heterocycles. The summed E-state index contributed by atoms with van der Waals surface area (Å²) in [6.07, 6.45) is 3.62. The monoisotopic (exact) mass is 334 g/mol. The molecular formula is C20H22N4O. The molecular weight excluding hydrogens is 312 g/mol. The maximum atomic E-state index is 12.4. The summed E-state index contributed by atoms with van der Waals surface area (Å²) in [6.45, 7) is 6.59. The lowest BCUT2D eigenvalue weighted by Gasteiger charge is -2.14. The molecule has 1 aromatic carbocycles. The Balaban J connectivity index is 1.68. The second-order valence-electron chi connectivity index (χ2n) is 6.27. The van der Waals surface area contributed by atoms with Crippen LogP contribution in [0, 0.1) is 13.8 Å². The number of carbonyl (C=O) groups excluding carboxylic acids is 1. The van der Waals surface area contributed by atoms with Crippen molar-refractivity contribution in [2.45, 2.75) is 33.4 Å². The Bertz CT molecular complexity index is 854. The van der Waals surface area contributed by atoms with Gasteiger partial charge in [-0.2, -0.15) is 5.10 Å². The molecule has 0 unspecified atom stereocenters. The van der Waals surface area contributed by atoms with E-state index in [1.165, 1.54) is 0 Å². The minimum Gasteiger partial charge on any atom is -0.348 e. The van der Waals surface area contributed by atoms with Crippen LogP contribution >= 0.6 is 0 Å². The van der Waals surface area contributed by atoms with E-state index in [1.54, 1.807) is 10.9 Å². The first kappa shape index (κ1) is 16.9. The maximum Gasteiger partial charge on any atom is 0.251 e. The van der Waals surface area contributed by atoms with Gasteiger partial charge < -0.3 is 5.32 Å². The fourth-order valence-corrected chi connectivity index (χ4v) is 2.83. The van der Waals surface area contributed by atoms with Crippen LogP contribution in [-0.4, -0.2) is 26.7 Å². The van der Waals surface area contributed by atoms with Gasteiger partial charge in [-0.15, -0.1) is 0 Å². The molecule has 2 aromatic heterocycles. The highest BCUT2D eigenvalue weighted by molar-refractivity contribution is 5.94. The Hall–Kier alpha value is -2.95. The Kier molecular flexibility index (Phi) is 4.93. The number of pyridine rings is 1. The highest BCUT2D eigenvalue weighted by atomic mass is 16.1. The number of nitrogens with zero attached hydrogens (tertiary/aromatic N) is 3. The van der Waals surface area contributed by atoms with E-state index in [9.17, 15) is 4.79 Å². The van der Waals surface area contributed by atoms with Gasteiger partial charge in [0.05, 0.1) is 6.54 Å². The molecule has 1 amide bonds. The van der Waals surface area contributed by atoms with Crippen LogP contribution in [0.4, 0.5) is 0 Å². The summed E-state index contributed by atoms with van der Waals surface area (Å²) >= 11 is 0. The number of aromatic nitrogens is 3. The van der Waals surface area contributed by atoms with Crippen molar-refractivity contribution in [1.82, 2.24) is 20.1 Å². The Labute approximate surface area is 147 Å². The molecule has 1 atom stereocenters. The first-order valence-corrected chi connectivity index (χ1v) is 8.36. The fourth-order valence-electron chi connectivity index (χ4n) is 2.83. The lowest BCUT2D eigenvalue weighted by atomic mass is 10.0. The molecule has 0 saturated carbocycles. The van der Waals surface area contributed by atoms with Gasteiger partial charge >= 0.3 is 0 Å². The number of rotatable bonds is 5. The Morgan fingerprint density at radius 3 is 2.56 bits per heavy atom. The van der Waals surface area contributed by atoms with E-state index in [0.717, 1.165) is 22.5 Å². The first-order chi connectivity index (χ1) is 12.0. The van der Waals surface area contributed by atoms with Gasteiger partial charge in [0.2, 0.25) is 0 Å². The van der Waals surface area contributed by atoms with Crippen molar-refractivity contribution in [3.63, 3.8) is 0 Å². The zero-order valence-electron chi connectivity index (χ0n) is 14.7. The van der Waals surface area contributed by atoms with Crippen molar-refractivity contribution in [1.29, 1.82) is 0 Å². The summed E-state index contributed by atoms with van der Waals surface area (Å²) in [5, 5.41) is 7.16. The van der Waals surface area contributed by atoms with Crippen molar-refractivity contribution >= 4 is 5.91 Å². The number of benzene rings is 1. The van der Waals surface area contributed by atoms with Crippen molar-refractivity contribution in [3.05, 3.63) is 71.8 Å². The minimum atomic E-state index is -0.0787. The van der Waals surface area contributed by atoms with E-state index >= 15 is 0 Å². The van der Waals surface area contributed by atoms with Crippen LogP contribution in [0.2, 0.25) is 0 Å². The van der Waals surface area contributed by atoms with Crippen molar-refractivity contribution in [2.75, 3.05) is 0 Å². The number of aryl methyl sites for hydroxylation is 2. The van der Waals surface area contributed by atoms with Gasteiger partial charge in [0.15, 0.2) is 0 Å². The Morgan fingerprint density at radius 1 is 1.16 bits per heavy atom. The van der Waals surface area contributed by atoms with Gasteiger partial charge in [0.1, 0.15) is 0 Å². The quantitative estimate of drug-likeness (QED) is 0.778. The van der Waals surface area contributed by atoms with Crippen LogP contribution in [0.15, 0.2) is 54.9 Å². The van der Waals surface area contributed by atoms with E-state index in [4.69, 9.17) is 0 Å². The van der Waals surface area contributed by atoms with E-state index in [1.807, 2.05) is 63.4 Å². The van der Waals surface area contributed by atoms with Gasteiger partial charge in [-0.1, -0.05) is 18.2 Å². The smallest absolute Gasteiger partial charge is 0.251 e. The van der Waals surface area contributed by atoms with Crippen LogP contribution in [0.3, 0.4) is 0 Å². The molecule has 25 heavy (non-hydrogen) atoms. The third kappa shape index (κ3) is 4.12. The van der Waals surface area contributed by atoms with Crippen molar-refractivity contribution in [3.8, 4) is 11.1 Å². The molecule has 0 aliphatic rings. The molecule has 1 N–H and O–H groups in total. The predicted molar refractivity (Wildman–Crippen MR) is 98.3 cm³/mol. The largest absolute Gasteiger partial charge is 0.348 e. The highest BCUT2D eigenvalue weighted by Gasteiger charge is 2.11. The normalized spacial score (nSPS) is 12.0. The average Bonchev–Trinajstić information content (AvgIpc) is 3.08. The lowest BCUT2D eigenvalue weighted by Crippen LogP contribution is -2.35. The minimum absolute atomic E-state index is 0.00406. The van der Waals surface area contributed by atoms with Crippen molar-refractivity contribution < 1.29 is 4.79 Å². The molecule has 0 spiro atoms. The zero-order chi connectivity index (χ0) is 17.8. The number of carbonyl (C=O) groups is 1. The zero-order valence-corrected chi connectivity index (χ0v) is 14.7. The maximum absolute atomic E-state index is 12.4. The topological polar surface area (TPSA) is 59.8 Å². The molecule has 0 aliphatic heterocycles. The fraction of sp³-hybridized carbons (Fsp3) is 0.250. The molecule has 0 fully saturated rings. The van der Waals surface area contributed by atoms with Crippen LogP contribution < -0.4 is 5.32 Å². The summed E-state index contributed by atoms with van der Waals surface area (Å²) in [5.74, 6) is -0.0787. The number of amides is 1. The number of hydrogen-bond acceptors (Lipinski definition) is 3. The predicted octanol–water partition coefficient (Wildman–Crippen LogP) is 3.38. The van der Waals surface area contributed by atoms with Crippen LogP contribution in [0.25, 0.3) is 11.1 Å². The van der Waals surface area contributed by atoms with Gasteiger partial charge in [-0.25, -0.2) is 0 Å². The van der Waals surface area contributed by atoms with Gasteiger partial charge in [0.25, 0.3) is 5.91 Å². The molecule has 0 saturated heterocycles. The van der Waals surface area contributed by atoms with Crippen LogP contribution in [0.1, 0.15) is 28.7 Å². The second kappa shape index (κ2) is 7.30. The molecule has 128 valence electrons. The Morgan fingerprint density at radius 2 is 1.92 bits per heavy atom. The van der Waals surface area contributed by atoms with E-state index < -0.39 is 0 Å². The summed E-state index contributed by atoms with van der Waals surface area (Å²) in [6, 6.07) is 13.6. The summed E-state index contributed by atoms with van der Waals surface area (Å²) < 4.78 is 1.81. The molecule has 0 bridgehead atoms. The van der Waals surface area contributed by atoms with E-state index in [-0.39, 0.29) is 11.9 Å². The molecule has 5 nitrogen and oxygen atoms in total. The van der Waals surface area contributed by atoms with E-state index in [2.05, 4.69) is 21.5 Å². The lowest BCUT2D eigenvalue weighted by molar-refractivity contribution is 0.0936.